The molecule has 0 unspecified atom stereocenters. The Kier molecular flexibility index (Phi) is 3.76. The molecule has 132 valence electrons. The predicted octanol–water partition coefficient (Wildman–Crippen LogP) is 5.76. The fourth-order valence-electron chi connectivity index (χ4n) is 3.44. The maximum atomic E-state index is 13.3. The topological polar surface area (TPSA) is 48.0 Å². The number of para-hydroxylation sites is 4. The van der Waals surface area contributed by atoms with Gasteiger partial charge < -0.3 is 4.42 Å². The Balaban J connectivity index is 1.56. The van der Waals surface area contributed by atoms with Crippen LogP contribution in [0.5, 0.6) is 0 Å². The zero-order valence-electron chi connectivity index (χ0n) is 14.6. The molecule has 0 fully saturated rings. The molecule has 2 heterocycles. The number of rotatable bonds is 3. The van der Waals surface area contributed by atoms with Crippen molar-refractivity contribution < 1.29 is 9.21 Å². The van der Waals surface area contributed by atoms with Gasteiger partial charge in [0, 0.05) is 10.8 Å². The number of hydrogen-bond donors (Lipinski definition) is 0. The number of aromatic nitrogens is 2. The maximum Gasteiger partial charge on any atom is 0.257 e. The van der Waals surface area contributed by atoms with Gasteiger partial charge in [-0.05, 0) is 31.2 Å². The average molecular weight is 372 g/mol. The van der Waals surface area contributed by atoms with Crippen LogP contribution in [0.2, 0.25) is 0 Å². The summed E-state index contributed by atoms with van der Waals surface area (Å²) in [4.78, 5) is 17.8. The van der Waals surface area contributed by atoms with E-state index in [9.17, 15) is 4.79 Å². The minimum absolute atomic E-state index is 0.0136. The van der Waals surface area contributed by atoms with Gasteiger partial charge in [0.1, 0.15) is 5.52 Å². The summed E-state index contributed by atoms with van der Waals surface area (Å²) in [7, 11) is 0. The highest BCUT2D eigenvalue weighted by atomic mass is 32.2. The standard InChI is InChI=1S/C22H16N2O2S/c1-14(27-22-23-17-10-4-7-13-20(17)26-22)21(25)24-18-11-5-2-8-15(18)16-9-3-6-12-19(16)24/h2-14H,1H3/t14-/m0/s1. The Morgan fingerprint density at radius 1 is 0.926 bits per heavy atom. The van der Waals surface area contributed by atoms with Gasteiger partial charge >= 0.3 is 0 Å². The van der Waals surface area contributed by atoms with Crippen LogP contribution in [0.1, 0.15) is 11.7 Å². The molecule has 0 amide bonds. The fraction of sp³-hybridized carbons (Fsp3) is 0.0909. The van der Waals surface area contributed by atoms with Crippen molar-refractivity contribution in [3.05, 3.63) is 72.8 Å². The number of benzene rings is 3. The highest BCUT2D eigenvalue weighted by Gasteiger charge is 2.23. The third-order valence-electron chi connectivity index (χ3n) is 4.70. The molecular weight excluding hydrogens is 356 g/mol. The molecule has 0 aliphatic carbocycles. The van der Waals surface area contributed by atoms with Gasteiger partial charge in [0.15, 0.2) is 5.58 Å². The minimum Gasteiger partial charge on any atom is -0.431 e. The molecular formula is C22H16N2O2S. The van der Waals surface area contributed by atoms with Crippen LogP contribution >= 0.6 is 11.8 Å². The Bertz CT molecular complexity index is 1220. The van der Waals surface area contributed by atoms with Gasteiger partial charge in [-0.2, -0.15) is 0 Å². The largest absolute Gasteiger partial charge is 0.431 e. The van der Waals surface area contributed by atoms with Gasteiger partial charge in [0.25, 0.3) is 5.22 Å². The Hall–Kier alpha value is -3.05. The minimum atomic E-state index is -0.336. The molecule has 5 aromatic rings. The second-order valence-electron chi connectivity index (χ2n) is 6.42. The molecule has 5 heteroatoms. The number of carbonyl (C=O) groups excluding carboxylic acids is 1. The third kappa shape index (κ3) is 2.62. The first kappa shape index (κ1) is 16.1. The van der Waals surface area contributed by atoms with Crippen LogP contribution in [0.15, 0.2) is 82.4 Å². The molecule has 0 saturated carbocycles. The van der Waals surface area contributed by atoms with Gasteiger partial charge in [-0.1, -0.05) is 60.3 Å². The van der Waals surface area contributed by atoms with Gasteiger partial charge in [0.05, 0.1) is 16.3 Å². The molecule has 0 N–H and O–H groups in total. The van der Waals surface area contributed by atoms with Crippen LogP contribution in [0.4, 0.5) is 0 Å². The molecule has 5 rings (SSSR count). The van der Waals surface area contributed by atoms with Crippen LogP contribution in [-0.2, 0) is 0 Å². The summed E-state index contributed by atoms with van der Waals surface area (Å²) in [6.07, 6.45) is 0. The summed E-state index contributed by atoms with van der Waals surface area (Å²) in [5, 5.41) is 2.34. The summed E-state index contributed by atoms with van der Waals surface area (Å²) >= 11 is 1.34. The summed E-state index contributed by atoms with van der Waals surface area (Å²) < 4.78 is 7.58. The van der Waals surface area contributed by atoms with E-state index in [-0.39, 0.29) is 11.2 Å². The summed E-state index contributed by atoms with van der Waals surface area (Å²) in [5.41, 5.74) is 3.38. The number of nitrogens with zero attached hydrogens (tertiary/aromatic N) is 2. The van der Waals surface area contributed by atoms with Crippen LogP contribution < -0.4 is 0 Å². The van der Waals surface area contributed by atoms with Crippen molar-refractivity contribution >= 4 is 50.6 Å². The summed E-state index contributed by atoms with van der Waals surface area (Å²) in [6.45, 7) is 1.89. The number of oxazole rings is 1. The van der Waals surface area contributed by atoms with Crippen molar-refractivity contribution in [1.82, 2.24) is 9.55 Å². The van der Waals surface area contributed by atoms with E-state index in [1.165, 1.54) is 11.8 Å². The molecule has 4 nitrogen and oxygen atoms in total. The first-order chi connectivity index (χ1) is 13.2. The molecule has 3 aromatic carbocycles. The van der Waals surface area contributed by atoms with Crippen molar-refractivity contribution in [2.75, 3.05) is 0 Å². The molecule has 0 aliphatic heterocycles. The number of carbonyl (C=O) groups is 1. The van der Waals surface area contributed by atoms with Crippen LogP contribution in [0.25, 0.3) is 32.9 Å². The lowest BCUT2D eigenvalue weighted by Crippen LogP contribution is -2.21. The lowest BCUT2D eigenvalue weighted by molar-refractivity contribution is 0.0925. The van der Waals surface area contributed by atoms with Crippen LogP contribution in [-0.4, -0.2) is 20.7 Å². The Labute approximate surface area is 159 Å². The Morgan fingerprint density at radius 3 is 2.19 bits per heavy atom. The number of hydrogen-bond acceptors (Lipinski definition) is 4. The third-order valence-corrected chi connectivity index (χ3v) is 5.63. The van der Waals surface area contributed by atoms with Gasteiger partial charge in [-0.3, -0.25) is 9.36 Å². The summed E-state index contributed by atoms with van der Waals surface area (Å²) in [6, 6.07) is 23.6. The molecule has 2 aromatic heterocycles. The Morgan fingerprint density at radius 2 is 1.52 bits per heavy atom. The second-order valence-corrected chi connectivity index (χ2v) is 7.71. The van der Waals surface area contributed by atoms with Crippen molar-refractivity contribution in [1.29, 1.82) is 0 Å². The van der Waals surface area contributed by atoms with Gasteiger partial charge in [-0.25, -0.2) is 4.98 Å². The number of thioether (sulfide) groups is 1. The quantitative estimate of drug-likeness (QED) is 0.378. The molecule has 27 heavy (non-hydrogen) atoms. The van der Waals surface area contributed by atoms with E-state index in [4.69, 9.17) is 4.42 Å². The van der Waals surface area contributed by atoms with Crippen molar-refractivity contribution in [2.24, 2.45) is 0 Å². The van der Waals surface area contributed by atoms with E-state index >= 15 is 0 Å². The normalized spacial score (nSPS) is 12.8. The van der Waals surface area contributed by atoms with Crippen molar-refractivity contribution in [2.45, 2.75) is 17.4 Å². The molecule has 0 aliphatic rings. The van der Waals surface area contributed by atoms with Crippen molar-refractivity contribution in [3.63, 3.8) is 0 Å². The zero-order chi connectivity index (χ0) is 18.4. The maximum absolute atomic E-state index is 13.3. The highest BCUT2D eigenvalue weighted by Crippen LogP contribution is 2.32. The smallest absolute Gasteiger partial charge is 0.257 e. The van der Waals surface area contributed by atoms with Crippen LogP contribution in [0, 0.1) is 0 Å². The predicted molar refractivity (Wildman–Crippen MR) is 109 cm³/mol. The van der Waals surface area contributed by atoms with E-state index in [1.54, 1.807) is 0 Å². The molecule has 0 saturated heterocycles. The first-order valence-electron chi connectivity index (χ1n) is 8.77. The first-order valence-corrected chi connectivity index (χ1v) is 9.65. The number of fused-ring (bicyclic) bond motifs is 4. The van der Waals surface area contributed by atoms with Gasteiger partial charge in [0.2, 0.25) is 5.91 Å². The lowest BCUT2D eigenvalue weighted by Gasteiger charge is -2.11. The second kappa shape index (κ2) is 6.28. The van der Waals surface area contributed by atoms with Crippen molar-refractivity contribution in [3.8, 4) is 0 Å². The van der Waals surface area contributed by atoms with E-state index in [1.807, 2.05) is 72.2 Å². The van der Waals surface area contributed by atoms with E-state index in [2.05, 4.69) is 17.1 Å². The van der Waals surface area contributed by atoms with Gasteiger partial charge in [-0.15, -0.1) is 0 Å². The van der Waals surface area contributed by atoms with E-state index in [0.717, 1.165) is 32.9 Å². The molecule has 1 atom stereocenters. The average Bonchev–Trinajstić information content (AvgIpc) is 3.25. The SMILES string of the molecule is C[C@H](Sc1nc2ccccc2o1)C(=O)n1c2ccccc2c2ccccc21. The zero-order valence-corrected chi connectivity index (χ0v) is 15.4. The fourth-order valence-corrected chi connectivity index (χ4v) is 4.24. The van der Waals surface area contributed by atoms with Crippen LogP contribution in [0.3, 0.4) is 0 Å². The summed E-state index contributed by atoms with van der Waals surface area (Å²) in [5.74, 6) is 0.0136. The molecule has 0 radical (unpaired) electrons. The monoisotopic (exact) mass is 372 g/mol. The highest BCUT2D eigenvalue weighted by molar-refractivity contribution is 8.00. The lowest BCUT2D eigenvalue weighted by atomic mass is 10.2. The van der Waals surface area contributed by atoms with E-state index < -0.39 is 0 Å². The molecule has 0 spiro atoms. The van der Waals surface area contributed by atoms with E-state index in [0.29, 0.717) is 5.22 Å². The molecule has 0 bridgehead atoms.